The lowest BCUT2D eigenvalue weighted by molar-refractivity contribution is -0.116. The maximum Gasteiger partial charge on any atom is 0.330 e. The summed E-state index contributed by atoms with van der Waals surface area (Å²) in [6.45, 7) is 10.7. The van der Waals surface area contributed by atoms with E-state index < -0.39 is 11.2 Å². The number of hydrogen-bond acceptors (Lipinski definition) is 5. The summed E-state index contributed by atoms with van der Waals surface area (Å²) in [4.78, 5) is 42.8. The van der Waals surface area contributed by atoms with Crippen molar-refractivity contribution in [2.24, 2.45) is 5.92 Å². The molecule has 7 nitrogen and oxygen atoms in total. The van der Waals surface area contributed by atoms with Gasteiger partial charge < -0.3 is 10.6 Å². The summed E-state index contributed by atoms with van der Waals surface area (Å²) in [5.74, 6) is 0.120. The third-order valence-electron chi connectivity index (χ3n) is 4.76. The lowest BCUT2D eigenvalue weighted by Gasteiger charge is -2.26. The number of aromatic amines is 1. The lowest BCUT2D eigenvalue weighted by Crippen LogP contribution is -2.43. The van der Waals surface area contributed by atoms with Gasteiger partial charge in [0.25, 0.3) is 5.56 Å². The van der Waals surface area contributed by atoms with Gasteiger partial charge in [-0.15, -0.1) is 11.8 Å². The zero-order valence-electron chi connectivity index (χ0n) is 18.4. The minimum absolute atomic E-state index is 0.0444. The van der Waals surface area contributed by atoms with E-state index >= 15 is 0 Å². The van der Waals surface area contributed by atoms with Gasteiger partial charge in [-0.25, -0.2) is 4.79 Å². The van der Waals surface area contributed by atoms with Crippen LogP contribution in [0.2, 0.25) is 0 Å². The normalized spacial score (nSPS) is 11.1. The van der Waals surface area contributed by atoms with Crippen molar-refractivity contribution >= 4 is 29.2 Å². The topological polar surface area (TPSA) is 101 Å². The molecule has 0 saturated carbocycles. The van der Waals surface area contributed by atoms with Gasteiger partial charge in [0.05, 0.1) is 5.75 Å². The molecule has 0 aliphatic carbocycles. The minimum Gasteiger partial charge on any atom is -0.383 e. The van der Waals surface area contributed by atoms with E-state index in [1.807, 2.05) is 52.8 Å². The number of nitrogens with two attached hydrogens (primary N) is 1. The quantitative estimate of drug-likeness (QED) is 0.592. The molecule has 1 heterocycles. The smallest absolute Gasteiger partial charge is 0.330 e. The summed E-state index contributed by atoms with van der Waals surface area (Å²) in [7, 11) is 0. The molecule has 0 bridgehead atoms. The number of carbonyl (C=O) groups excluding carboxylic acids is 1. The first-order valence-corrected chi connectivity index (χ1v) is 11.3. The van der Waals surface area contributed by atoms with Crippen LogP contribution in [0.4, 0.5) is 11.5 Å². The predicted octanol–water partition coefficient (Wildman–Crippen LogP) is 3.32. The zero-order chi connectivity index (χ0) is 22.4. The molecular formula is C22H32N4O3S. The van der Waals surface area contributed by atoms with Gasteiger partial charge >= 0.3 is 5.69 Å². The lowest BCUT2D eigenvalue weighted by atomic mass is 10.2. The number of aryl methyl sites for hydroxylation is 2. The fraction of sp³-hybridized carbons (Fsp3) is 0.500. The van der Waals surface area contributed by atoms with Crippen molar-refractivity contribution in [3.05, 3.63) is 50.2 Å². The maximum atomic E-state index is 13.2. The second kappa shape index (κ2) is 10.5. The summed E-state index contributed by atoms with van der Waals surface area (Å²) in [5.41, 5.74) is 7.34. The van der Waals surface area contributed by atoms with Crippen molar-refractivity contribution in [3.63, 3.8) is 0 Å². The zero-order valence-corrected chi connectivity index (χ0v) is 19.3. The third kappa shape index (κ3) is 5.78. The minimum atomic E-state index is -0.629. The van der Waals surface area contributed by atoms with Gasteiger partial charge in [-0.3, -0.25) is 19.1 Å². The number of H-pyrrole nitrogens is 1. The Morgan fingerprint density at radius 1 is 1.27 bits per heavy atom. The summed E-state index contributed by atoms with van der Waals surface area (Å²) < 4.78 is 1.35. The predicted molar refractivity (Wildman–Crippen MR) is 124 cm³/mol. The molecule has 3 N–H and O–H groups in total. The van der Waals surface area contributed by atoms with Crippen LogP contribution in [0, 0.1) is 19.8 Å². The summed E-state index contributed by atoms with van der Waals surface area (Å²) in [6.07, 6.45) is 1.62. The van der Waals surface area contributed by atoms with Crippen molar-refractivity contribution in [2.45, 2.75) is 58.9 Å². The molecular weight excluding hydrogens is 400 g/mol. The van der Waals surface area contributed by atoms with Crippen LogP contribution in [0.5, 0.6) is 0 Å². The molecule has 0 saturated heterocycles. The highest BCUT2D eigenvalue weighted by molar-refractivity contribution is 8.00. The third-order valence-corrected chi connectivity index (χ3v) is 5.90. The largest absolute Gasteiger partial charge is 0.383 e. The molecule has 0 fully saturated rings. The fourth-order valence-electron chi connectivity index (χ4n) is 3.14. The van der Waals surface area contributed by atoms with Crippen molar-refractivity contribution in [2.75, 3.05) is 22.9 Å². The highest BCUT2D eigenvalue weighted by Gasteiger charge is 2.25. The van der Waals surface area contributed by atoms with Crippen LogP contribution in [-0.2, 0) is 11.3 Å². The Labute approximate surface area is 181 Å². The van der Waals surface area contributed by atoms with Gasteiger partial charge in [-0.2, -0.15) is 0 Å². The van der Waals surface area contributed by atoms with E-state index in [1.165, 1.54) is 21.2 Å². The van der Waals surface area contributed by atoms with Crippen LogP contribution in [0.25, 0.3) is 0 Å². The fourth-order valence-corrected chi connectivity index (χ4v) is 4.14. The molecule has 1 amide bonds. The van der Waals surface area contributed by atoms with Gasteiger partial charge in [0.2, 0.25) is 5.91 Å². The molecule has 2 aromatic rings. The molecule has 1 aromatic carbocycles. The number of hydrogen-bond donors (Lipinski definition) is 2. The Kier molecular flexibility index (Phi) is 8.34. The van der Waals surface area contributed by atoms with Crippen molar-refractivity contribution in [1.29, 1.82) is 0 Å². The number of rotatable bonds is 9. The number of anilines is 2. The van der Waals surface area contributed by atoms with Crippen LogP contribution in [0.3, 0.4) is 0 Å². The second-order valence-electron chi connectivity index (χ2n) is 7.95. The Morgan fingerprint density at radius 2 is 1.97 bits per heavy atom. The van der Waals surface area contributed by atoms with Crippen LogP contribution in [0.15, 0.2) is 32.7 Å². The van der Waals surface area contributed by atoms with Gasteiger partial charge in [-0.05, 0) is 37.8 Å². The molecule has 1 aromatic heterocycles. The van der Waals surface area contributed by atoms with Gasteiger partial charge in [-0.1, -0.05) is 44.9 Å². The van der Waals surface area contributed by atoms with Crippen molar-refractivity contribution in [3.8, 4) is 0 Å². The van der Waals surface area contributed by atoms with Gasteiger partial charge in [0, 0.05) is 18.0 Å². The van der Waals surface area contributed by atoms with E-state index in [-0.39, 0.29) is 29.1 Å². The summed E-state index contributed by atoms with van der Waals surface area (Å²) in [6, 6.07) is 6.11. The first-order chi connectivity index (χ1) is 14.1. The molecule has 0 unspecified atom stereocenters. The van der Waals surface area contributed by atoms with Crippen LogP contribution < -0.4 is 21.9 Å². The Hall–Kier alpha value is -2.48. The Morgan fingerprint density at radius 3 is 2.60 bits per heavy atom. The highest BCUT2D eigenvalue weighted by Crippen LogP contribution is 2.26. The van der Waals surface area contributed by atoms with Gasteiger partial charge in [0.1, 0.15) is 5.82 Å². The van der Waals surface area contributed by atoms with E-state index in [0.717, 1.165) is 28.9 Å². The van der Waals surface area contributed by atoms with Crippen molar-refractivity contribution in [1.82, 2.24) is 9.55 Å². The SMILES string of the molecule is CCCCn1c(N)c(N(CC(C)C)C(=O)CSc2cc(C)ccc2C)c(=O)[nH]c1=O. The molecule has 164 valence electrons. The molecule has 2 rings (SSSR count). The van der Waals surface area contributed by atoms with E-state index in [1.54, 1.807) is 0 Å². The van der Waals surface area contributed by atoms with E-state index in [0.29, 0.717) is 13.1 Å². The molecule has 0 atom stereocenters. The van der Waals surface area contributed by atoms with E-state index in [2.05, 4.69) is 4.98 Å². The average Bonchev–Trinajstić information content (AvgIpc) is 2.67. The Balaban J connectivity index is 2.39. The molecule has 30 heavy (non-hydrogen) atoms. The number of thioether (sulfide) groups is 1. The number of nitrogens with zero attached hydrogens (tertiary/aromatic N) is 2. The van der Waals surface area contributed by atoms with Crippen molar-refractivity contribution < 1.29 is 4.79 Å². The molecule has 0 radical (unpaired) electrons. The molecule has 0 spiro atoms. The van der Waals surface area contributed by atoms with E-state index in [4.69, 9.17) is 5.73 Å². The number of nitrogens with one attached hydrogen (secondary N) is 1. The maximum absolute atomic E-state index is 13.2. The summed E-state index contributed by atoms with van der Waals surface area (Å²) >= 11 is 1.44. The average molecular weight is 433 g/mol. The monoisotopic (exact) mass is 432 g/mol. The number of benzene rings is 1. The first kappa shape index (κ1) is 23.8. The van der Waals surface area contributed by atoms with E-state index in [9.17, 15) is 14.4 Å². The number of amides is 1. The number of unbranched alkanes of at least 4 members (excludes halogenated alkanes) is 1. The highest BCUT2D eigenvalue weighted by atomic mass is 32.2. The molecule has 0 aliphatic heterocycles. The Bertz CT molecular complexity index is 1010. The van der Waals surface area contributed by atoms with Crippen LogP contribution >= 0.6 is 11.8 Å². The molecule has 8 heteroatoms. The number of carbonyl (C=O) groups is 1. The number of nitrogen functional groups attached to an aromatic ring is 1. The second-order valence-corrected chi connectivity index (χ2v) is 8.97. The summed E-state index contributed by atoms with van der Waals surface area (Å²) in [5, 5.41) is 0. The van der Waals surface area contributed by atoms with Gasteiger partial charge in [0.15, 0.2) is 5.69 Å². The number of aromatic nitrogens is 2. The standard InChI is InChI=1S/C22H32N4O3S/c1-6-7-10-25-20(23)19(21(28)24-22(25)29)26(12-14(2)3)18(27)13-30-17-11-15(4)8-9-16(17)5/h8-9,11,14H,6-7,10,12-13,23H2,1-5H3,(H,24,28,29). The van der Waals surface area contributed by atoms with Crippen LogP contribution in [0.1, 0.15) is 44.7 Å². The molecule has 0 aliphatic rings. The first-order valence-electron chi connectivity index (χ1n) is 10.3. The van der Waals surface area contributed by atoms with Crippen LogP contribution in [-0.4, -0.2) is 27.8 Å².